The molecule has 0 unspecified atom stereocenters. The van der Waals surface area contributed by atoms with Crippen LogP contribution in [0.4, 0.5) is 0 Å². The van der Waals surface area contributed by atoms with Gasteiger partial charge in [0, 0.05) is 24.5 Å². The van der Waals surface area contributed by atoms with Crippen LogP contribution >= 0.6 is 11.3 Å². The Labute approximate surface area is 128 Å². The van der Waals surface area contributed by atoms with Crippen molar-refractivity contribution in [3.63, 3.8) is 0 Å². The quantitative estimate of drug-likeness (QED) is 0.816. The third kappa shape index (κ3) is 3.70. The van der Waals surface area contributed by atoms with Gasteiger partial charge in [-0.1, -0.05) is 30.3 Å². The van der Waals surface area contributed by atoms with Crippen molar-refractivity contribution in [2.75, 3.05) is 14.1 Å². The molecule has 0 radical (unpaired) electrons. The van der Waals surface area contributed by atoms with Gasteiger partial charge in [-0.2, -0.15) is 0 Å². The van der Waals surface area contributed by atoms with Crippen LogP contribution in [0.2, 0.25) is 0 Å². The number of thiophene rings is 1. The van der Waals surface area contributed by atoms with Crippen LogP contribution in [0.15, 0.2) is 42.5 Å². The highest BCUT2D eigenvalue weighted by Gasteiger charge is 2.27. The van der Waals surface area contributed by atoms with E-state index < -0.39 is 12.1 Å². The number of hydrogen-bond donors (Lipinski definition) is 0. The maximum atomic E-state index is 12.3. The number of benzene rings is 1. The lowest BCUT2D eigenvalue weighted by Gasteiger charge is -2.20. The summed E-state index contributed by atoms with van der Waals surface area (Å²) < 4.78 is 5.44. The second kappa shape index (κ2) is 6.54. The monoisotopic (exact) mass is 303 g/mol. The van der Waals surface area contributed by atoms with Gasteiger partial charge in [0.1, 0.15) is 4.88 Å². The van der Waals surface area contributed by atoms with Crippen LogP contribution in [0.3, 0.4) is 0 Å². The lowest BCUT2D eigenvalue weighted by Crippen LogP contribution is -2.31. The van der Waals surface area contributed by atoms with E-state index in [1.807, 2.05) is 31.2 Å². The van der Waals surface area contributed by atoms with Crippen LogP contribution in [0.1, 0.15) is 26.2 Å². The predicted octanol–water partition coefficient (Wildman–Crippen LogP) is 3.04. The van der Waals surface area contributed by atoms with Gasteiger partial charge < -0.3 is 9.64 Å². The van der Waals surface area contributed by atoms with Gasteiger partial charge in [0.25, 0.3) is 5.91 Å². The number of aryl methyl sites for hydroxylation is 1. The third-order valence-corrected chi connectivity index (χ3v) is 3.91. The molecule has 0 aliphatic heterocycles. The fraction of sp³-hybridized carbons (Fsp3) is 0.250. The van der Waals surface area contributed by atoms with Crippen LogP contribution in [-0.4, -0.2) is 30.9 Å². The first kappa shape index (κ1) is 15.3. The van der Waals surface area contributed by atoms with Gasteiger partial charge in [-0.3, -0.25) is 4.79 Å². The van der Waals surface area contributed by atoms with E-state index in [0.717, 1.165) is 4.88 Å². The maximum absolute atomic E-state index is 12.3. The first-order valence-corrected chi connectivity index (χ1v) is 7.34. The molecule has 21 heavy (non-hydrogen) atoms. The molecule has 5 heteroatoms. The Morgan fingerprint density at radius 1 is 1.10 bits per heavy atom. The highest BCUT2D eigenvalue weighted by molar-refractivity contribution is 7.13. The van der Waals surface area contributed by atoms with Crippen molar-refractivity contribution in [2.45, 2.75) is 13.0 Å². The van der Waals surface area contributed by atoms with E-state index in [2.05, 4.69) is 0 Å². The summed E-state index contributed by atoms with van der Waals surface area (Å²) in [4.78, 5) is 27.4. The molecule has 110 valence electrons. The lowest BCUT2D eigenvalue weighted by atomic mass is 10.1. The molecule has 0 bridgehead atoms. The lowest BCUT2D eigenvalue weighted by molar-refractivity contribution is -0.138. The van der Waals surface area contributed by atoms with Crippen LogP contribution in [0.25, 0.3) is 0 Å². The zero-order chi connectivity index (χ0) is 15.4. The van der Waals surface area contributed by atoms with Crippen molar-refractivity contribution in [3.05, 3.63) is 57.8 Å². The second-order valence-corrected chi connectivity index (χ2v) is 6.13. The summed E-state index contributed by atoms with van der Waals surface area (Å²) >= 11 is 1.35. The van der Waals surface area contributed by atoms with Crippen molar-refractivity contribution in [1.82, 2.24) is 4.90 Å². The Morgan fingerprint density at radius 2 is 1.76 bits per heavy atom. The molecule has 0 fully saturated rings. The highest BCUT2D eigenvalue weighted by atomic mass is 32.1. The molecule has 0 spiro atoms. The molecule has 4 nitrogen and oxygen atoms in total. The number of hydrogen-bond acceptors (Lipinski definition) is 4. The van der Waals surface area contributed by atoms with E-state index in [0.29, 0.717) is 10.4 Å². The van der Waals surface area contributed by atoms with E-state index in [1.165, 1.54) is 16.2 Å². The summed E-state index contributed by atoms with van der Waals surface area (Å²) in [5.41, 5.74) is 0.665. The minimum Gasteiger partial charge on any atom is -0.443 e. The standard InChI is InChI=1S/C16H17NO3S/c1-11-9-10-13(21-11)16(19)20-14(15(18)17(2)3)12-7-5-4-6-8-12/h4-10,14H,1-3H3/t14-/m0/s1. The maximum Gasteiger partial charge on any atom is 0.349 e. The van der Waals surface area contributed by atoms with E-state index in [4.69, 9.17) is 4.74 Å². The molecule has 1 heterocycles. The molecule has 0 saturated carbocycles. The van der Waals surface area contributed by atoms with Crippen molar-refractivity contribution in [3.8, 4) is 0 Å². The van der Waals surface area contributed by atoms with Gasteiger partial charge in [0.05, 0.1) is 0 Å². The number of amides is 1. The number of nitrogens with zero attached hydrogens (tertiary/aromatic N) is 1. The summed E-state index contributed by atoms with van der Waals surface area (Å²) in [5, 5.41) is 0. The zero-order valence-corrected chi connectivity index (χ0v) is 13.0. The number of rotatable bonds is 4. The number of carbonyl (C=O) groups is 2. The Morgan fingerprint density at radius 3 is 2.29 bits per heavy atom. The van der Waals surface area contributed by atoms with Gasteiger partial charge in [0.15, 0.2) is 0 Å². The van der Waals surface area contributed by atoms with Crippen LogP contribution in [0.5, 0.6) is 0 Å². The Balaban J connectivity index is 2.24. The van der Waals surface area contributed by atoms with Crippen molar-refractivity contribution >= 4 is 23.2 Å². The molecular formula is C16H17NO3S. The zero-order valence-electron chi connectivity index (χ0n) is 12.2. The van der Waals surface area contributed by atoms with Crippen molar-refractivity contribution < 1.29 is 14.3 Å². The molecule has 2 rings (SSSR count). The summed E-state index contributed by atoms with van der Waals surface area (Å²) in [7, 11) is 3.28. The first-order valence-electron chi connectivity index (χ1n) is 6.52. The molecule has 1 atom stereocenters. The van der Waals surface area contributed by atoms with E-state index in [1.54, 1.807) is 32.3 Å². The van der Waals surface area contributed by atoms with Gasteiger partial charge in [-0.05, 0) is 19.1 Å². The van der Waals surface area contributed by atoms with Crippen molar-refractivity contribution in [2.24, 2.45) is 0 Å². The fourth-order valence-corrected chi connectivity index (χ4v) is 2.58. The number of carbonyl (C=O) groups excluding carboxylic acids is 2. The number of esters is 1. The molecule has 2 aromatic rings. The Hall–Kier alpha value is -2.14. The van der Waals surface area contributed by atoms with E-state index in [9.17, 15) is 9.59 Å². The summed E-state index contributed by atoms with van der Waals surface area (Å²) in [6, 6.07) is 12.6. The second-order valence-electron chi connectivity index (χ2n) is 4.84. The van der Waals surface area contributed by atoms with Crippen LogP contribution in [-0.2, 0) is 9.53 Å². The molecule has 0 aliphatic carbocycles. The molecule has 1 aromatic heterocycles. The highest BCUT2D eigenvalue weighted by Crippen LogP contribution is 2.23. The van der Waals surface area contributed by atoms with Gasteiger partial charge >= 0.3 is 5.97 Å². The van der Waals surface area contributed by atoms with Gasteiger partial charge in [0.2, 0.25) is 6.10 Å². The van der Waals surface area contributed by atoms with Crippen LogP contribution < -0.4 is 0 Å². The van der Waals surface area contributed by atoms with E-state index in [-0.39, 0.29) is 5.91 Å². The van der Waals surface area contributed by atoms with E-state index >= 15 is 0 Å². The Kier molecular flexibility index (Phi) is 4.75. The fourth-order valence-electron chi connectivity index (χ4n) is 1.83. The van der Waals surface area contributed by atoms with Crippen molar-refractivity contribution in [1.29, 1.82) is 0 Å². The summed E-state index contributed by atoms with van der Waals surface area (Å²) in [5.74, 6) is -0.736. The normalized spacial score (nSPS) is 11.8. The molecule has 0 aliphatic rings. The van der Waals surface area contributed by atoms with Crippen LogP contribution in [0, 0.1) is 6.92 Å². The molecule has 0 saturated heterocycles. The molecule has 1 amide bonds. The number of likely N-dealkylation sites (N-methyl/N-ethyl adjacent to an activating group) is 1. The summed E-state index contributed by atoms with van der Waals surface area (Å²) in [6.45, 7) is 1.92. The summed E-state index contributed by atoms with van der Waals surface area (Å²) in [6.07, 6.45) is -0.920. The van der Waals surface area contributed by atoms with Gasteiger partial charge in [-0.15, -0.1) is 11.3 Å². The predicted molar refractivity (Wildman–Crippen MR) is 82.3 cm³/mol. The largest absolute Gasteiger partial charge is 0.443 e. The topological polar surface area (TPSA) is 46.6 Å². The first-order chi connectivity index (χ1) is 9.99. The minimum absolute atomic E-state index is 0.261. The molecular weight excluding hydrogens is 286 g/mol. The Bertz CT molecular complexity index is 634. The third-order valence-electron chi connectivity index (χ3n) is 2.93. The average molecular weight is 303 g/mol. The minimum atomic E-state index is -0.920. The smallest absolute Gasteiger partial charge is 0.349 e. The molecule has 0 N–H and O–H groups in total. The number of ether oxygens (including phenoxy) is 1. The van der Waals surface area contributed by atoms with Gasteiger partial charge in [-0.25, -0.2) is 4.79 Å². The average Bonchev–Trinajstić information content (AvgIpc) is 2.91. The SMILES string of the molecule is Cc1ccc(C(=O)O[C@H](C(=O)N(C)C)c2ccccc2)s1. The molecule has 1 aromatic carbocycles.